The molecule has 1 aromatic carbocycles. The Balaban J connectivity index is 2.09. The van der Waals surface area contributed by atoms with E-state index in [4.69, 9.17) is 4.74 Å². The van der Waals surface area contributed by atoms with Gasteiger partial charge in [-0.1, -0.05) is 12.1 Å². The molecule has 0 bridgehead atoms. The summed E-state index contributed by atoms with van der Waals surface area (Å²) in [4.78, 5) is 56.0. The van der Waals surface area contributed by atoms with Crippen molar-refractivity contribution in [2.24, 2.45) is 0 Å². The molecule has 3 N–H and O–H groups in total. The number of benzene rings is 2. The van der Waals surface area contributed by atoms with Gasteiger partial charge in [-0.05, 0) is 18.2 Å². The summed E-state index contributed by atoms with van der Waals surface area (Å²) in [6.45, 7) is 0. The zero-order chi connectivity index (χ0) is 25.0. The van der Waals surface area contributed by atoms with Crippen molar-refractivity contribution in [3.63, 3.8) is 0 Å². The van der Waals surface area contributed by atoms with Crippen LogP contribution < -0.4 is 20.3 Å². The minimum Gasteiger partial charge on any atom is -0.612 e. The first-order valence-electron chi connectivity index (χ1n) is 9.48. The number of ketones is 2. The summed E-state index contributed by atoms with van der Waals surface area (Å²) >= 11 is 0. The Labute approximate surface area is 190 Å². The molecule has 0 saturated heterocycles. The summed E-state index contributed by atoms with van der Waals surface area (Å²) in [7, 11) is 2.24. The molecular weight excluding hydrogens is 452 g/mol. The van der Waals surface area contributed by atoms with E-state index in [2.05, 4.69) is 20.0 Å². The van der Waals surface area contributed by atoms with Gasteiger partial charge in [0.2, 0.25) is 17.0 Å². The zero-order valence-corrected chi connectivity index (χ0v) is 17.7. The van der Waals surface area contributed by atoms with Gasteiger partial charge in [-0.25, -0.2) is 9.78 Å². The van der Waals surface area contributed by atoms with Gasteiger partial charge in [0, 0.05) is 12.1 Å². The molecule has 0 saturated carbocycles. The summed E-state index contributed by atoms with van der Waals surface area (Å²) in [6, 6.07) is 9.51. The number of amides is 1. The molecular formula is C21H17N4O9-. The van der Waals surface area contributed by atoms with Crippen molar-refractivity contribution >= 4 is 29.1 Å². The second-order valence-electron chi connectivity index (χ2n) is 6.74. The number of aromatic hydroxyl groups is 1. The Bertz CT molecular complexity index is 1330. The first kappa shape index (κ1) is 23.7. The lowest BCUT2D eigenvalue weighted by atomic mass is 9.93. The molecule has 1 unspecified atom stereocenters. The summed E-state index contributed by atoms with van der Waals surface area (Å²) in [5.41, 5.74) is -0.510. The number of ether oxygens (including phenoxy) is 2. The summed E-state index contributed by atoms with van der Waals surface area (Å²) in [6.07, 6.45) is 0. The second kappa shape index (κ2) is 9.68. The minimum atomic E-state index is -2.17. The molecule has 13 heteroatoms. The zero-order valence-electron chi connectivity index (χ0n) is 17.7. The average Bonchev–Trinajstić information content (AvgIpc) is 2.83. The standard InChI is InChI=1S/C21H17N4O9/c1-33-14-6-4-3-5-12(14)23-20(29)17(26)15(18(27)21(30)34-2)16-19(28)24-13-9-10(25(31)32)7-8-11(13)22-16/h3-9,15H,1-2H3,(H3-,22,23,24,26,27,28,29,30,31,32)/q-1. The molecule has 0 spiro atoms. The largest absolute Gasteiger partial charge is 0.612 e. The monoisotopic (exact) mass is 469 g/mol. The summed E-state index contributed by atoms with van der Waals surface area (Å²) in [5.74, 6) is -8.42. The normalized spacial score (nSPS) is 11.4. The van der Waals surface area contributed by atoms with Crippen molar-refractivity contribution in [2.45, 2.75) is 5.92 Å². The lowest BCUT2D eigenvalue weighted by Crippen LogP contribution is -2.37. The van der Waals surface area contributed by atoms with E-state index in [-0.39, 0.29) is 28.2 Å². The lowest BCUT2D eigenvalue weighted by Gasteiger charge is -2.17. The van der Waals surface area contributed by atoms with Crippen LogP contribution in [0.2, 0.25) is 0 Å². The van der Waals surface area contributed by atoms with Crippen molar-refractivity contribution in [2.75, 3.05) is 19.5 Å². The molecule has 1 aromatic rings. The molecule has 2 aliphatic rings. The highest BCUT2D eigenvalue weighted by atomic mass is 16.8. The number of rotatable bonds is 7. The van der Waals surface area contributed by atoms with E-state index in [0.717, 1.165) is 19.2 Å². The quantitative estimate of drug-likeness (QED) is 0.184. The fraction of sp³-hybridized carbons (Fsp3) is 0.143. The van der Waals surface area contributed by atoms with E-state index in [1.165, 1.54) is 25.3 Å². The summed E-state index contributed by atoms with van der Waals surface area (Å²) in [5, 5.41) is 34.3. The third kappa shape index (κ3) is 4.62. The highest BCUT2D eigenvalue weighted by Crippen LogP contribution is 2.30. The molecule has 3 rings (SSSR count). The van der Waals surface area contributed by atoms with Crippen LogP contribution in [0.3, 0.4) is 0 Å². The maximum Gasteiger partial charge on any atom is 0.375 e. The first-order chi connectivity index (χ1) is 16.2. The molecule has 1 heterocycles. The van der Waals surface area contributed by atoms with Crippen LogP contribution in [-0.4, -0.2) is 52.7 Å². The van der Waals surface area contributed by atoms with Crippen LogP contribution in [0.15, 0.2) is 42.5 Å². The van der Waals surface area contributed by atoms with Crippen LogP contribution in [-0.2, 0) is 23.9 Å². The lowest BCUT2D eigenvalue weighted by molar-refractivity contribution is -0.154. The average molecular weight is 469 g/mol. The number of fused-ring (bicyclic) bond motifs is 1. The van der Waals surface area contributed by atoms with Gasteiger partial charge in [0.05, 0.1) is 31.3 Å². The van der Waals surface area contributed by atoms with Gasteiger partial charge in [0.15, 0.2) is 0 Å². The maximum absolute atomic E-state index is 13.0. The fourth-order valence-corrected chi connectivity index (χ4v) is 3.06. The number of Topliss-reactive ketones (excluding diaryl/α,β-unsaturated/α-hetero) is 2. The van der Waals surface area contributed by atoms with Crippen molar-refractivity contribution < 1.29 is 33.8 Å². The number of carbonyl (C=O) groups excluding carboxylic acids is 4. The SMILES string of the molecule is COC(=O)C(=O)C(C(=O)C(=O)Nc1ccccc1OC)c1nc2ccc(=[N+]([O-])[O-])cc-2[nH]c1O. The number of esters is 1. The molecule has 13 nitrogen and oxygen atoms in total. The molecule has 0 fully saturated rings. The van der Waals surface area contributed by atoms with Crippen molar-refractivity contribution in [1.82, 2.24) is 14.9 Å². The topological polar surface area (TPSA) is 197 Å². The molecule has 1 atom stereocenters. The Morgan fingerprint density at radius 3 is 2.44 bits per heavy atom. The van der Waals surface area contributed by atoms with Gasteiger partial charge in [-0.3, -0.25) is 14.4 Å². The third-order valence-corrected chi connectivity index (χ3v) is 4.69. The molecule has 34 heavy (non-hydrogen) atoms. The number of H-pyrrole nitrogens is 1. The van der Waals surface area contributed by atoms with E-state index < -0.39 is 45.8 Å². The predicted molar refractivity (Wildman–Crippen MR) is 115 cm³/mol. The third-order valence-electron chi connectivity index (χ3n) is 4.69. The number of para-hydroxylation sites is 2. The number of anilines is 1. The molecule has 1 aliphatic carbocycles. The Kier molecular flexibility index (Phi) is 6.76. The molecule has 176 valence electrons. The number of nitrogens with zero attached hydrogens (tertiary/aromatic N) is 2. The van der Waals surface area contributed by atoms with E-state index in [1.807, 2.05) is 0 Å². The van der Waals surface area contributed by atoms with Crippen LogP contribution >= 0.6 is 0 Å². The molecule has 1 aliphatic heterocycles. The van der Waals surface area contributed by atoms with Crippen molar-refractivity contribution in [1.29, 1.82) is 0 Å². The smallest absolute Gasteiger partial charge is 0.375 e. The highest BCUT2D eigenvalue weighted by molar-refractivity contribution is 6.52. The van der Waals surface area contributed by atoms with Gasteiger partial charge < -0.3 is 35.3 Å². The minimum absolute atomic E-state index is 0.00522. The van der Waals surface area contributed by atoms with Gasteiger partial charge in [0.25, 0.3) is 11.7 Å². The van der Waals surface area contributed by atoms with E-state index in [0.29, 0.717) is 0 Å². The number of nitrogens with one attached hydrogen (secondary N) is 2. The molecule has 0 radical (unpaired) electrons. The van der Waals surface area contributed by atoms with Gasteiger partial charge in [-0.15, -0.1) is 0 Å². The number of hydrogen-bond donors (Lipinski definition) is 3. The Morgan fingerprint density at radius 1 is 1.09 bits per heavy atom. The van der Waals surface area contributed by atoms with Gasteiger partial charge in [-0.2, -0.15) is 4.90 Å². The van der Waals surface area contributed by atoms with Crippen molar-refractivity contribution in [3.8, 4) is 23.0 Å². The number of aromatic nitrogens is 2. The fourth-order valence-electron chi connectivity index (χ4n) is 3.06. The highest BCUT2D eigenvalue weighted by Gasteiger charge is 2.41. The summed E-state index contributed by atoms with van der Waals surface area (Å²) < 4.78 is 9.48. The molecule has 0 aromatic heterocycles. The van der Waals surface area contributed by atoms with E-state index >= 15 is 0 Å². The van der Waals surface area contributed by atoms with Crippen LogP contribution in [0.1, 0.15) is 11.6 Å². The van der Waals surface area contributed by atoms with Gasteiger partial charge >= 0.3 is 5.97 Å². The van der Waals surface area contributed by atoms with Crippen LogP contribution in [0.5, 0.6) is 11.6 Å². The van der Waals surface area contributed by atoms with Crippen LogP contribution in [0.4, 0.5) is 5.69 Å². The number of methoxy groups -OCH3 is 2. The van der Waals surface area contributed by atoms with Crippen LogP contribution in [0.25, 0.3) is 11.4 Å². The number of aromatic amines is 1. The number of hydrogen-bond acceptors (Lipinski definition) is 10. The maximum atomic E-state index is 13.0. The van der Waals surface area contributed by atoms with E-state index in [1.54, 1.807) is 12.1 Å². The van der Waals surface area contributed by atoms with Gasteiger partial charge in [0.1, 0.15) is 17.4 Å². The number of carbonyl (C=O) groups is 4. The van der Waals surface area contributed by atoms with Crippen LogP contribution in [0, 0.1) is 10.4 Å². The first-order valence-corrected chi connectivity index (χ1v) is 9.48. The second-order valence-corrected chi connectivity index (χ2v) is 6.74. The Morgan fingerprint density at radius 2 is 1.79 bits per heavy atom. The Hall–Kier alpha value is -4.94. The van der Waals surface area contributed by atoms with E-state index in [9.17, 15) is 34.7 Å². The van der Waals surface area contributed by atoms with Crippen molar-refractivity contribution in [3.05, 3.63) is 63.9 Å². The molecule has 1 amide bonds. The predicted octanol–water partition coefficient (Wildman–Crippen LogP) is 0.0300.